The zero-order valence-electron chi connectivity index (χ0n) is 60.6. The summed E-state index contributed by atoms with van der Waals surface area (Å²) in [6.45, 7) is 4.00. The fourth-order valence-corrected chi connectivity index (χ4v) is 10.5. The van der Waals surface area contributed by atoms with Gasteiger partial charge in [-0.1, -0.05) is 318 Å². The van der Waals surface area contributed by atoms with Crippen molar-refractivity contribution in [3.63, 3.8) is 0 Å². The van der Waals surface area contributed by atoms with E-state index in [1.54, 1.807) is 0 Å². The Bertz CT molecular complexity index is 2240. The third-order valence-electron chi connectivity index (χ3n) is 15.4. The van der Waals surface area contributed by atoms with E-state index in [0.717, 1.165) is 148 Å². The maximum absolute atomic E-state index is 12.9. The minimum absolute atomic E-state index is 0.0399. The van der Waals surface area contributed by atoms with Crippen LogP contribution in [-0.4, -0.2) is 70.0 Å². The average molecular weight is 1320 g/mol. The number of unbranched alkanes of at least 4 members (excludes halogenated alkanes) is 23. The van der Waals surface area contributed by atoms with E-state index in [4.69, 9.17) is 18.5 Å². The lowest BCUT2D eigenvalue weighted by Crippen LogP contribution is -2.37. The van der Waals surface area contributed by atoms with Crippen molar-refractivity contribution in [1.82, 2.24) is 0 Å². The highest BCUT2D eigenvalue weighted by molar-refractivity contribution is 7.45. The van der Waals surface area contributed by atoms with Gasteiger partial charge in [-0.3, -0.25) is 14.2 Å². The molecular weight excluding hydrogens is 1180 g/mol. The maximum atomic E-state index is 12.9. The van der Waals surface area contributed by atoms with Crippen LogP contribution < -0.4 is 4.89 Å². The van der Waals surface area contributed by atoms with Crippen molar-refractivity contribution in [3.8, 4) is 0 Å². The number of hydrogen-bond donors (Lipinski definition) is 0. The first-order valence-corrected chi connectivity index (χ1v) is 39.0. The minimum Gasteiger partial charge on any atom is -0.756 e. The highest BCUT2D eigenvalue weighted by atomic mass is 31.2. The molecule has 0 aromatic rings. The number of carbonyl (C=O) groups excluding carboxylic acids is 2. The van der Waals surface area contributed by atoms with Gasteiger partial charge in [0, 0.05) is 12.8 Å². The lowest BCUT2D eigenvalue weighted by molar-refractivity contribution is -0.870. The fourth-order valence-electron chi connectivity index (χ4n) is 9.77. The Hall–Kier alpha value is -4.89. The van der Waals surface area contributed by atoms with Gasteiger partial charge >= 0.3 is 11.9 Å². The number of phosphoric acid groups is 1. The lowest BCUT2D eigenvalue weighted by atomic mass is 10.0. The maximum Gasteiger partial charge on any atom is 0.306 e. The summed E-state index contributed by atoms with van der Waals surface area (Å²) >= 11 is 0. The molecule has 0 amide bonds. The van der Waals surface area contributed by atoms with Gasteiger partial charge in [0.2, 0.25) is 0 Å². The molecule has 10 heteroatoms. The summed E-state index contributed by atoms with van der Waals surface area (Å²) < 4.78 is 34.4. The molecule has 0 spiro atoms. The number of rotatable bonds is 67. The Morgan fingerprint density at radius 2 is 0.574 bits per heavy atom. The molecule has 0 bridgehead atoms. The van der Waals surface area contributed by atoms with Crippen LogP contribution in [-0.2, 0) is 32.7 Å². The quantitative estimate of drug-likeness (QED) is 0.0195. The first-order chi connectivity index (χ1) is 46.0. The Labute approximate surface area is 578 Å². The second-order valence-corrected chi connectivity index (χ2v) is 27.0. The number of likely N-dealkylation sites (N-methyl/N-ethyl adjacent to an activating group) is 1. The van der Waals surface area contributed by atoms with Gasteiger partial charge in [-0.2, -0.15) is 0 Å². The summed E-state index contributed by atoms with van der Waals surface area (Å²) in [6, 6.07) is 0. The molecule has 0 N–H and O–H groups in total. The summed E-state index contributed by atoms with van der Waals surface area (Å²) in [5.74, 6) is -0.845. The third kappa shape index (κ3) is 76.1. The van der Waals surface area contributed by atoms with Crippen LogP contribution >= 0.6 is 7.82 Å². The van der Waals surface area contributed by atoms with Crippen LogP contribution in [0.3, 0.4) is 0 Å². The number of ether oxygens (including phenoxy) is 2. The molecule has 2 atom stereocenters. The standard InChI is InChI=1S/C84H138NO8P/c1-6-8-10-12-14-16-18-20-22-24-26-28-30-32-34-36-37-38-39-40-41-42-43-44-45-46-47-49-51-53-55-57-59-61-63-65-67-69-71-73-75-77-84(87)93-82(81-92-94(88,89)91-79-78-85(3,4)5)80-90-83(86)76-74-72-70-68-66-64-62-60-58-56-54-52-50-48-35-33-31-29-27-25-23-21-19-17-15-13-11-9-7-2/h8-11,14-17,20-23,26-29,32-35,37-38,40-41,43-44,46-47,51,53,82H,6-7,12-13,18-19,24-25,30-31,36,39,42,45,48-50,52,54-81H2,1-5H3/b10-8-,11-9-,16-14-,17-15-,22-20-,23-21-,28-26-,29-27-,34-32-,35-33-,38-37-,41-40-,44-43-,47-46-,53-51-. The second-order valence-electron chi connectivity index (χ2n) is 25.5. The van der Waals surface area contributed by atoms with Gasteiger partial charge in [-0.25, -0.2) is 0 Å². The van der Waals surface area contributed by atoms with Gasteiger partial charge in [-0.05, 0) is 135 Å². The van der Waals surface area contributed by atoms with Gasteiger partial charge in [0.05, 0.1) is 27.7 Å². The van der Waals surface area contributed by atoms with Crippen LogP contribution in [0.25, 0.3) is 0 Å². The molecule has 0 rings (SSSR count). The molecule has 0 aliphatic rings. The Kier molecular flexibility index (Phi) is 68.6. The van der Waals surface area contributed by atoms with E-state index in [1.807, 2.05) is 21.1 Å². The smallest absolute Gasteiger partial charge is 0.306 e. The lowest BCUT2D eigenvalue weighted by Gasteiger charge is -2.28. The van der Waals surface area contributed by atoms with Crippen molar-refractivity contribution in [2.24, 2.45) is 0 Å². The highest BCUT2D eigenvalue weighted by Gasteiger charge is 2.22. The summed E-state index contributed by atoms with van der Waals surface area (Å²) in [4.78, 5) is 38.1. The topological polar surface area (TPSA) is 111 Å². The normalized spacial score (nSPS) is 14.1. The van der Waals surface area contributed by atoms with Crippen LogP contribution in [0.15, 0.2) is 182 Å². The van der Waals surface area contributed by atoms with Gasteiger partial charge in [-0.15, -0.1) is 0 Å². The van der Waals surface area contributed by atoms with Gasteiger partial charge < -0.3 is 27.9 Å². The molecule has 0 saturated heterocycles. The number of nitrogens with zero attached hydrogens (tertiary/aromatic N) is 1. The molecule has 0 aromatic carbocycles. The number of carbonyl (C=O) groups is 2. The molecule has 0 heterocycles. The molecule has 0 fully saturated rings. The number of quaternary nitrogens is 1. The Balaban J connectivity index is 4.09. The van der Waals surface area contributed by atoms with E-state index in [9.17, 15) is 19.0 Å². The molecule has 9 nitrogen and oxygen atoms in total. The van der Waals surface area contributed by atoms with Crippen LogP contribution in [0.2, 0.25) is 0 Å². The largest absolute Gasteiger partial charge is 0.756 e. The van der Waals surface area contributed by atoms with Crippen molar-refractivity contribution >= 4 is 19.8 Å². The highest BCUT2D eigenvalue weighted by Crippen LogP contribution is 2.38. The third-order valence-corrected chi connectivity index (χ3v) is 16.4. The summed E-state index contributed by atoms with van der Waals surface area (Å²) in [6.07, 6.45) is 111. The first-order valence-electron chi connectivity index (χ1n) is 37.5. The predicted molar refractivity (Wildman–Crippen MR) is 406 cm³/mol. The number of phosphoric ester groups is 1. The molecule has 0 aliphatic carbocycles. The Morgan fingerprint density at radius 1 is 0.330 bits per heavy atom. The molecule has 0 aromatic heterocycles. The number of allylic oxidation sites excluding steroid dienone is 30. The molecule has 0 radical (unpaired) electrons. The van der Waals surface area contributed by atoms with E-state index in [1.165, 1.54) is 103 Å². The van der Waals surface area contributed by atoms with Crippen molar-refractivity contribution in [3.05, 3.63) is 182 Å². The summed E-state index contributed by atoms with van der Waals surface area (Å²) in [7, 11) is 1.15. The monoisotopic (exact) mass is 1320 g/mol. The molecule has 2 unspecified atom stereocenters. The van der Waals surface area contributed by atoms with Gasteiger partial charge in [0.1, 0.15) is 19.8 Å². The van der Waals surface area contributed by atoms with Crippen molar-refractivity contribution < 1.29 is 42.1 Å². The van der Waals surface area contributed by atoms with Crippen LogP contribution in [0.4, 0.5) is 0 Å². The zero-order valence-corrected chi connectivity index (χ0v) is 61.5. The van der Waals surface area contributed by atoms with Gasteiger partial charge in [0.15, 0.2) is 6.10 Å². The molecular formula is C84H138NO8P. The predicted octanol–water partition coefficient (Wildman–Crippen LogP) is 24.4. The fraction of sp³-hybridized carbons (Fsp3) is 0.619. The van der Waals surface area contributed by atoms with Crippen LogP contribution in [0.1, 0.15) is 284 Å². The Morgan fingerprint density at radius 3 is 0.851 bits per heavy atom. The SMILES string of the molecule is CC/C=C\C/C=C\C/C=C\C/C=C\C/C=C\C/C=C\C/C=C\C/C=C\C/C=C\C/C=C\CCCCCCCCCCCCC(=O)OC(COC(=O)CCCCCCCCCCCCCCC/C=C\C/C=C\C/C=C\C/C=C\C/C=C\CC)COP(=O)([O-])OCC[N+](C)(C)C. The first kappa shape index (κ1) is 89.1. The van der Waals surface area contributed by atoms with E-state index in [2.05, 4.69) is 196 Å². The summed E-state index contributed by atoms with van der Waals surface area (Å²) in [5.41, 5.74) is 0. The van der Waals surface area contributed by atoms with E-state index in [0.29, 0.717) is 17.4 Å². The number of hydrogen-bond acceptors (Lipinski definition) is 8. The molecule has 94 heavy (non-hydrogen) atoms. The zero-order chi connectivity index (χ0) is 68.3. The number of esters is 2. The van der Waals surface area contributed by atoms with E-state index < -0.39 is 26.5 Å². The average Bonchev–Trinajstić information content (AvgIpc) is 1.57. The van der Waals surface area contributed by atoms with Crippen molar-refractivity contribution in [2.75, 3.05) is 47.5 Å². The molecule has 532 valence electrons. The molecule has 0 saturated carbocycles. The second kappa shape index (κ2) is 72.4. The van der Waals surface area contributed by atoms with E-state index in [-0.39, 0.29) is 32.0 Å². The van der Waals surface area contributed by atoms with E-state index >= 15 is 0 Å². The van der Waals surface area contributed by atoms with Gasteiger partial charge in [0.25, 0.3) is 7.82 Å². The summed E-state index contributed by atoms with van der Waals surface area (Å²) in [5, 5.41) is 0. The van der Waals surface area contributed by atoms with Crippen LogP contribution in [0.5, 0.6) is 0 Å². The van der Waals surface area contributed by atoms with Crippen molar-refractivity contribution in [2.45, 2.75) is 290 Å². The van der Waals surface area contributed by atoms with Crippen LogP contribution in [0, 0.1) is 0 Å². The minimum atomic E-state index is -4.66. The van der Waals surface area contributed by atoms with Crippen molar-refractivity contribution in [1.29, 1.82) is 0 Å². The molecule has 0 aliphatic heterocycles.